The minimum atomic E-state index is -1.74. The minimum Gasteiger partial charge on any atom is -0.363 e. The second kappa shape index (κ2) is 4.65. The molecule has 1 aromatic carbocycles. The van der Waals surface area contributed by atoms with Crippen molar-refractivity contribution < 1.29 is 14.6 Å². The topological polar surface area (TPSA) is 58.3 Å². The molecule has 0 unspecified atom stereocenters. The fourth-order valence-electron chi connectivity index (χ4n) is 1.81. The molecule has 0 spiro atoms. The normalized spacial score (nSPS) is 13.0. The van der Waals surface area contributed by atoms with Gasteiger partial charge < -0.3 is 10.2 Å². The molecule has 0 aliphatic heterocycles. The Bertz CT molecular complexity index is 496. The molecule has 4 nitrogen and oxygen atoms in total. The molecule has 2 rings (SSSR count). The van der Waals surface area contributed by atoms with Crippen molar-refractivity contribution in [3.63, 3.8) is 0 Å². The number of imidazole rings is 1. The van der Waals surface area contributed by atoms with Crippen LogP contribution in [0.2, 0.25) is 0 Å². The van der Waals surface area contributed by atoms with Crippen LogP contribution >= 0.6 is 0 Å². The van der Waals surface area contributed by atoms with Crippen LogP contribution in [0, 0.1) is 6.08 Å². The Morgan fingerprint density at radius 3 is 2.47 bits per heavy atom. The van der Waals surface area contributed by atoms with Gasteiger partial charge in [0.25, 0.3) is 6.08 Å². The number of halogens is 1. The third-order valence-electron chi connectivity index (χ3n) is 2.71. The summed E-state index contributed by atoms with van der Waals surface area (Å²) in [6, 6.07) is 8.89. The average molecular weight is 236 g/mol. The zero-order chi connectivity index (χ0) is 12.4. The molecule has 0 fully saturated rings. The van der Waals surface area contributed by atoms with Crippen molar-refractivity contribution in [2.75, 3.05) is 0 Å². The smallest absolute Gasteiger partial charge is 0.290 e. The first-order valence-electron chi connectivity index (χ1n) is 5.25. The molecule has 0 aliphatic carbocycles. The molecule has 5 heteroatoms. The van der Waals surface area contributed by atoms with E-state index in [-0.39, 0.29) is 11.7 Å². The molecule has 1 aromatic heterocycles. The Labute approximate surface area is 98.0 Å². The molecule has 90 valence electrons. The summed E-state index contributed by atoms with van der Waals surface area (Å²) < 4.78 is 14.7. The van der Waals surface area contributed by atoms with E-state index >= 15 is 0 Å². The Balaban J connectivity index is 2.43. The van der Waals surface area contributed by atoms with Gasteiger partial charge in [-0.3, -0.25) is 4.57 Å². The van der Waals surface area contributed by atoms with Crippen molar-refractivity contribution in [2.24, 2.45) is 0 Å². The molecular formula is C12H13FN2O2. The highest BCUT2D eigenvalue weighted by molar-refractivity contribution is 5.20. The van der Waals surface area contributed by atoms with E-state index in [1.165, 1.54) is 4.57 Å². The average Bonchev–Trinajstić information content (AvgIpc) is 2.71. The van der Waals surface area contributed by atoms with E-state index in [2.05, 4.69) is 4.98 Å². The van der Waals surface area contributed by atoms with Gasteiger partial charge in [0, 0.05) is 0 Å². The van der Waals surface area contributed by atoms with Crippen LogP contribution in [0.3, 0.4) is 0 Å². The predicted octanol–water partition coefficient (Wildman–Crippen LogP) is 1.61. The van der Waals surface area contributed by atoms with E-state index in [9.17, 15) is 4.39 Å². The highest BCUT2D eigenvalue weighted by Crippen LogP contribution is 2.23. The molecule has 2 N–H and O–H groups in total. The fourth-order valence-corrected chi connectivity index (χ4v) is 1.81. The van der Waals surface area contributed by atoms with E-state index in [0.717, 1.165) is 11.8 Å². The van der Waals surface area contributed by atoms with Crippen LogP contribution in [0.15, 0.2) is 36.5 Å². The highest BCUT2D eigenvalue weighted by atomic mass is 19.1. The zero-order valence-electron chi connectivity index (χ0n) is 9.29. The number of aromatic nitrogens is 2. The van der Waals surface area contributed by atoms with Crippen molar-refractivity contribution in [3.8, 4) is 0 Å². The van der Waals surface area contributed by atoms with Gasteiger partial charge in [-0.05, 0) is 12.5 Å². The van der Waals surface area contributed by atoms with Gasteiger partial charge >= 0.3 is 0 Å². The summed E-state index contributed by atoms with van der Waals surface area (Å²) in [6.45, 7) is 1.77. The maximum atomic E-state index is 13.5. The molecule has 0 bridgehead atoms. The largest absolute Gasteiger partial charge is 0.363 e. The van der Waals surface area contributed by atoms with E-state index in [1.54, 1.807) is 6.92 Å². The van der Waals surface area contributed by atoms with Gasteiger partial charge in [0.2, 0.25) is 0 Å². The SMILES string of the molecule is C[C@H](c1ccccc1)n1c(C(O)O)cnc1F. The monoisotopic (exact) mass is 236 g/mol. The summed E-state index contributed by atoms with van der Waals surface area (Å²) >= 11 is 0. The van der Waals surface area contributed by atoms with Crippen LogP contribution in [-0.2, 0) is 0 Å². The van der Waals surface area contributed by atoms with Crippen LogP contribution in [0.25, 0.3) is 0 Å². The number of benzene rings is 1. The summed E-state index contributed by atoms with van der Waals surface area (Å²) in [7, 11) is 0. The Kier molecular flexibility index (Phi) is 3.21. The lowest BCUT2D eigenvalue weighted by molar-refractivity contribution is -0.0493. The number of nitrogens with zero attached hydrogens (tertiary/aromatic N) is 2. The molecule has 0 saturated carbocycles. The molecule has 2 aromatic rings. The van der Waals surface area contributed by atoms with Gasteiger partial charge in [0.05, 0.1) is 17.9 Å². The van der Waals surface area contributed by atoms with Crippen molar-refractivity contribution >= 4 is 0 Å². The molecule has 0 amide bonds. The van der Waals surface area contributed by atoms with Gasteiger partial charge in [-0.1, -0.05) is 30.3 Å². The number of rotatable bonds is 3. The standard InChI is InChI=1S/C12H13FN2O2/c1-8(9-5-3-2-4-6-9)15-10(11(16)17)7-14-12(15)13/h2-8,11,16-17H,1H3/t8-/m1/s1. The molecule has 0 aliphatic rings. The molecule has 0 radical (unpaired) electrons. The summed E-state index contributed by atoms with van der Waals surface area (Å²) in [4.78, 5) is 3.46. The van der Waals surface area contributed by atoms with Crippen molar-refractivity contribution in [2.45, 2.75) is 19.3 Å². The number of hydrogen-bond donors (Lipinski definition) is 2. The number of hydrogen-bond acceptors (Lipinski definition) is 3. The Morgan fingerprint density at radius 2 is 1.88 bits per heavy atom. The number of aliphatic hydroxyl groups excluding tert-OH is 1. The van der Waals surface area contributed by atoms with Gasteiger partial charge in [-0.2, -0.15) is 4.39 Å². The molecule has 17 heavy (non-hydrogen) atoms. The second-order valence-corrected chi connectivity index (χ2v) is 3.78. The van der Waals surface area contributed by atoms with Crippen LogP contribution in [-0.4, -0.2) is 19.8 Å². The first kappa shape index (κ1) is 11.8. The molecule has 1 heterocycles. The Morgan fingerprint density at radius 1 is 1.24 bits per heavy atom. The first-order valence-corrected chi connectivity index (χ1v) is 5.25. The van der Waals surface area contributed by atoms with Gasteiger partial charge in [-0.25, -0.2) is 4.98 Å². The summed E-state index contributed by atoms with van der Waals surface area (Å²) in [6.07, 6.45) is -1.35. The highest BCUT2D eigenvalue weighted by Gasteiger charge is 2.20. The molecule has 0 saturated heterocycles. The fraction of sp³-hybridized carbons (Fsp3) is 0.250. The summed E-state index contributed by atoms with van der Waals surface area (Å²) in [5.74, 6) is 0. The van der Waals surface area contributed by atoms with Gasteiger partial charge in [0.1, 0.15) is 0 Å². The molecular weight excluding hydrogens is 223 g/mol. The van der Waals surface area contributed by atoms with Crippen LogP contribution in [0.1, 0.15) is 30.5 Å². The predicted molar refractivity (Wildman–Crippen MR) is 59.6 cm³/mol. The lowest BCUT2D eigenvalue weighted by Crippen LogP contribution is -2.14. The summed E-state index contributed by atoms with van der Waals surface area (Å²) in [5, 5.41) is 18.3. The van der Waals surface area contributed by atoms with E-state index < -0.39 is 12.4 Å². The van der Waals surface area contributed by atoms with E-state index in [4.69, 9.17) is 10.2 Å². The van der Waals surface area contributed by atoms with Gasteiger partial charge in [0.15, 0.2) is 6.29 Å². The lowest BCUT2D eigenvalue weighted by Gasteiger charge is -2.18. The zero-order valence-corrected chi connectivity index (χ0v) is 9.29. The van der Waals surface area contributed by atoms with Crippen molar-refractivity contribution in [1.29, 1.82) is 0 Å². The number of aliphatic hydroxyl groups is 2. The third kappa shape index (κ3) is 2.20. The second-order valence-electron chi connectivity index (χ2n) is 3.78. The maximum Gasteiger partial charge on any atom is 0.290 e. The van der Waals surface area contributed by atoms with Crippen LogP contribution < -0.4 is 0 Å². The first-order chi connectivity index (χ1) is 8.11. The third-order valence-corrected chi connectivity index (χ3v) is 2.71. The minimum absolute atomic E-state index is 0.0406. The van der Waals surface area contributed by atoms with Crippen molar-refractivity contribution in [1.82, 2.24) is 9.55 Å². The van der Waals surface area contributed by atoms with Crippen molar-refractivity contribution in [3.05, 3.63) is 53.9 Å². The van der Waals surface area contributed by atoms with E-state index in [0.29, 0.717) is 0 Å². The van der Waals surface area contributed by atoms with E-state index in [1.807, 2.05) is 30.3 Å². The van der Waals surface area contributed by atoms with Gasteiger partial charge in [-0.15, -0.1) is 0 Å². The Hall–Kier alpha value is -1.72. The van der Waals surface area contributed by atoms with Crippen LogP contribution in [0.5, 0.6) is 0 Å². The summed E-state index contributed by atoms with van der Waals surface area (Å²) in [5.41, 5.74) is 0.908. The lowest BCUT2D eigenvalue weighted by atomic mass is 10.1. The molecule has 1 atom stereocenters. The quantitative estimate of drug-likeness (QED) is 0.796. The maximum absolute atomic E-state index is 13.5. The van der Waals surface area contributed by atoms with Crippen LogP contribution in [0.4, 0.5) is 4.39 Å².